The van der Waals surface area contributed by atoms with Crippen LogP contribution < -0.4 is 4.90 Å². The summed E-state index contributed by atoms with van der Waals surface area (Å²) in [7, 11) is -3.70. The summed E-state index contributed by atoms with van der Waals surface area (Å²) in [6, 6.07) is 4.57. The molecule has 0 radical (unpaired) electrons. The van der Waals surface area contributed by atoms with E-state index in [4.69, 9.17) is 0 Å². The molecule has 0 aliphatic carbocycles. The summed E-state index contributed by atoms with van der Waals surface area (Å²) in [6.45, 7) is 1.90. The molecule has 0 saturated carbocycles. The van der Waals surface area contributed by atoms with Crippen LogP contribution in [0.2, 0.25) is 0 Å². The first-order valence-electron chi connectivity index (χ1n) is 8.81. The smallest absolute Gasteiger partial charge is 0.311 e. The van der Waals surface area contributed by atoms with Crippen molar-refractivity contribution < 1.29 is 18.1 Å². The highest BCUT2D eigenvalue weighted by Gasteiger charge is 2.33. The first-order valence-corrected chi connectivity index (χ1v) is 10.7. The van der Waals surface area contributed by atoms with Crippen LogP contribution in [0.1, 0.15) is 32.1 Å². The number of sulfone groups is 1. The number of anilines is 1. The number of nitro groups is 1. The molecule has 1 aromatic rings. The van der Waals surface area contributed by atoms with Gasteiger partial charge in [0.25, 0.3) is 0 Å². The second-order valence-electron chi connectivity index (χ2n) is 6.92. The lowest BCUT2D eigenvalue weighted by molar-refractivity contribution is -0.387. The minimum absolute atomic E-state index is 0.163. The first-order chi connectivity index (χ1) is 12.3. The first kappa shape index (κ1) is 18.6. The molecule has 1 aromatic carbocycles. The van der Waals surface area contributed by atoms with Crippen molar-refractivity contribution in [3.8, 4) is 0 Å². The third-order valence-corrected chi connectivity index (χ3v) is 6.29. The van der Waals surface area contributed by atoms with Gasteiger partial charge in [-0.2, -0.15) is 0 Å². The Labute approximate surface area is 152 Å². The van der Waals surface area contributed by atoms with E-state index in [-0.39, 0.29) is 22.5 Å². The van der Waals surface area contributed by atoms with Gasteiger partial charge < -0.3 is 9.80 Å². The van der Waals surface area contributed by atoms with Crippen LogP contribution >= 0.6 is 0 Å². The van der Waals surface area contributed by atoms with Crippen molar-refractivity contribution in [3.05, 3.63) is 28.3 Å². The Kier molecular flexibility index (Phi) is 5.17. The van der Waals surface area contributed by atoms with E-state index in [9.17, 15) is 23.3 Å². The minimum atomic E-state index is -3.70. The van der Waals surface area contributed by atoms with Crippen molar-refractivity contribution in [2.45, 2.75) is 43.0 Å². The third kappa shape index (κ3) is 3.67. The zero-order valence-electron chi connectivity index (χ0n) is 14.8. The van der Waals surface area contributed by atoms with Crippen molar-refractivity contribution in [2.24, 2.45) is 0 Å². The number of hydrogen-bond acceptors (Lipinski definition) is 6. The molecule has 2 aliphatic heterocycles. The molecule has 2 fully saturated rings. The van der Waals surface area contributed by atoms with Crippen molar-refractivity contribution >= 4 is 27.1 Å². The molecular weight excluding hydrogens is 358 g/mol. The highest BCUT2D eigenvalue weighted by Crippen LogP contribution is 2.36. The number of carbonyl (C=O) groups excluding carboxylic acids is 1. The van der Waals surface area contributed by atoms with E-state index in [1.165, 1.54) is 6.07 Å². The largest absolute Gasteiger partial charge is 0.366 e. The molecule has 0 N–H and O–H groups in total. The third-order valence-electron chi connectivity index (χ3n) is 5.17. The van der Waals surface area contributed by atoms with Crippen molar-refractivity contribution in [1.29, 1.82) is 0 Å². The SMILES string of the molecule is CS(=O)(=O)c1cccc(N2CCC(N3CCCCC3=O)CC2)c1[N+](=O)[O-]. The van der Waals surface area contributed by atoms with Crippen molar-refractivity contribution in [2.75, 3.05) is 30.8 Å². The zero-order valence-corrected chi connectivity index (χ0v) is 15.6. The highest BCUT2D eigenvalue weighted by atomic mass is 32.2. The van der Waals surface area contributed by atoms with Crippen molar-refractivity contribution in [1.82, 2.24) is 4.90 Å². The molecule has 3 rings (SSSR count). The summed E-state index contributed by atoms with van der Waals surface area (Å²) in [5.74, 6) is 0.194. The molecule has 9 heteroatoms. The van der Waals surface area contributed by atoms with E-state index in [0.717, 1.165) is 38.5 Å². The van der Waals surface area contributed by atoms with Gasteiger partial charge in [0, 0.05) is 38.4 Å². The van der Waals surface area contributed by atoms with Gasteiger partial charge >= 0.3 is 5.69 Å². The molecule has 0 atom stereocenters. The number of likely N-dealkylation sites (tertiary alicyclic amines) is 1. The molecule has 142 valence electrons. The molecule has 2 saturated heterocycles. The van der Waals surface area contributed by atoms with Gasteiger partial charge in [0.2, 0.25) is 5.91 Å². The quantitative estimate of drug-likeness (QED) is 0.584. The minimum Gasteiger partial charge on any atom is -0.366 e. The molecule has 0 aromatic heterocycles. The van der Waals surface area contributed by atoms with Crippen LogP contribution in [0.5, 0.6) is 0 Å². The number of hydrogen-bond donors (Lipinski definition) is 0. The lowest BCUT2D eigenvalue weighted by Gasteiger charge is -2.40. The Hall–Kier alpha value is -2.16. The van der Waals surface area contributed by atoms with Crippen LogP contribution in [0.3, 0.4) is 0 Å². The number of rotatable bonds is 4. The van der Waals surface area contributed by atoms with E-state index in [1.807, 2.05) is 9.80 Å². The van der Waals surface area contributed by atoms with Gasteiger partial charge in [0.1, 0.15) is 10.6 Å². The van der Waals surface area contributed by atoms with Gasteiger partial charge in [-0.3, -0.25) is 14.9 Å². The van der Waals surface area contributed by atoms with E-state index in [0.29, 0.717) is 25.2 Å². The van der Waals surface area contributed by atoms with Crippen LogP contribution in [-0.2, 0) is 14.6 Å². The van der Waals surface area contributed by atoms with Gasteiger partial charge in [-0.25, -0.2) is 8.42 Å². The Morgan fingerprint density at radius 2 is 1.85 bits per heavy atom. The highest BCUT2D eigenvalue weighted by molar-refractivity contribution is 7.90. The molecule has 2 heterocycles. The fourth-order valence-electron chi connectivity index (χ4n) is 3.88. The zero-order chi connectivity index (χ0) is 18.9. The molecule has 26 heavy (non-hydrogen) atoms. The number of piperidine rings is 2. The molecule has 0 unspecified atom stereocenters. The topological polar surface area (TPSA) is 101 Å². The number of nitrogens with zero attached hydrogens (tertiary/aromatic N) is 3. The second-order valence-corrected chi connectivity index (χ2v) is 8.90. The molecular formula is C17H23N3O5S. The Bertz CT molecular complexity index is 816. The maximum absolute atomic E-state index is 12.1. The Morgan fingerprint density at radius 3 is 2.42 bits per heavy atom. The fraction of sp³-hybridized carbons (Fsp3) is 0.588. The van der Waals surface area contributed by atoms with Gasteiger partial charge in [0.15, 0.2) is 9.84 Å². The lowest BCUT2D eigenvalue weighted by Crippen LogP contribution is -2.49. The molecule has 1 amide bonds. The van der Waals surface area contributed by atoms with E-state index >= 15 is 0 Å². The van der Waals surface area contributed by atoms with Crippen LogP contribution in [0.15, 0.2) is 23.1 Å². The van der Waals surface area contributed by atoms with Crippen LogP contribution in [0.25, 0.3) is 0 Å². The predicted octanol–water partition coefficient (Wildman–Crippen LogP) is 1.98. The van der Waals surface area contributed by atoms with E-state index < -0.39 is 14.8 Å². The van der Waals surface area contributed by atoms with Crippen LogP contribution in [0.4, 0.5) is 11.4 Å². The summed E-state index contributed by atoms with van der Waals surface area (Å²) in [5, 5.41) is 11.5. The second kappa shape index (κ2) is 7.22. The van der Waals surface area contributed by atoms with Gasteiger partial charge in [-0.05, 0) is 37.8 Å². The molecule has 2 aliphatic rings. The van der Waals surface area contributed by atoms with Crippen LogP contribution in [-0.4, -0.2) is 56.1 Å². The maximum atomic E-state index is 12.1. The number of carbonyl (C=O) groups is 1. The lowest BCUT2D eigenvalue weighted by atomic mass is 9.99. The summed E-state index contributed by atoms with van der Waals surface area (Å²) in [6.07, 6.45) is 5.00. The standard InChI is InChI=1S/C17H23N3O5S/c1-26(24,25)15-6-4-5-14(17(15)20(22)23)18-11-8-13(9-12-18)19-10-3-2-7-16(19)21/h4-6,13H,2-3,7-12H2,1H3. The average Bonchev–Trinajstić information content (AvgIpc) is 2.61. The summed E-state index contributed by atoms with van der Waals surface area (Å²) in [5.41, 5.74) is -0.0242. The predicted molar refractivity (Wildman–Crippen MR) is 97.0 cm³/mol. The molecule has 0 bridgehead atoms. The van der Waals surface area contributed by atoms with Crippen LogP contribution in [0, 0.1) is 10.1 Å². The molecule has 8 nitrogen and oxygen atoms in total. The van der Waals surface area contributed by atoms with Gasteiger partial charge in [-0.1, -0.05) is 6.07 Å². The summed E-state index contributed by atoms with van der Waals surface area (Å²) in [4.78, 5) is 26.6. The monoisotopic (exact) mass is 381 g/mol. The van der Waals surface area contributed by atoms with Gasteiger partial charge in [0.05, 0.1) is 4.92 Å². The maximum Gasteiger partial charge on any atom is 0.311 e. The normalized spacial score (nSPS) is 19.7. The van der Waals surface area contributed by atoms with E-state index in [1.54, 1.807) is 12.1 Å². The molecule has 0 spiro atoms. The number of para-hydroxylation sites is 1. The number of nitro benzene ring substituents is 1. The van der Waals surface area contributed by atoms with Gasteiger partial charge in [-0.15, -0.1) is 0 Å². The Balaban J connectivity index is 1.81. The average molecular weight is 381 g/mol. The number of amides is 1. The summed E-state index contributed by atoms with van der Waals surface area (Å²) < 4.78 is 23.8. The Morgan fingerprint density at radius 1 is 1.15 bits per heavy atom. The number of benzene rings is 1. The van der Waals surface area contributed by atoms with E-state index in [2.05, 4.69) is 0 Å². The fourth-order valence-corrected chi connectivity index (χ4v) is 4.74. The summed E-state index contributed by atoms with van der Waals surface area (Å²) >= 11 is 0. The van der Waals surface area contributed by atoms with Crippen molar-refractivity contribution in [3.63, 3.8) is 0 Å².